The highest BCUT2D eigenvalue weighted by molar-refractivity contribution is 6.07. The summed E-state index contributed by atoms with van der Waals surface area (Å²) in [6.45, 7) is 7.18. The highest BCUT2D eigenvalue weighted by Gasteiger charge is 2.58. The molecule has 0 bridgehead atoms. The quantitative estimate of drug-likeness (QED) is 0.742. The average Bonchev–Trinajstić information content (AvgIpc) is 3.20. The summed E-state index contributed by atoms with van der Waals surface area (Å²) in [5.74, 6) is 0.0991. The van der Waals surface area contributed by atoms with Crippen LogP contribution >= 0.6 is 0 Å². The number of hydrogen-bond donors (Lipinski definition) is 2. The molecule has 1 aliphatic heterocycles. The highest BCUT2D eigenvalue weighted by Crippen LogP contribution is 2.48. The molecule has 3 aliphatic rings. The zero-order chi connectivity index (χ0) is 13.0. The molecule has 1 amide bonds. The Morgan fingerprint density at radius 1 is 1.28 bits per heavy atom. The summed E-state index contributed by atoms with van der Waals surface area (Å²) in [5.41, 5.74) is 1.50. The molecule has 2 spiro atoms. The molecule has 1 heterocycles. The third kappa shape index (κ3) is 2.09. The Balaban J connectivity index is 1.66. The van der Waals surface area contributed by atoms with Crippen molar-refractivity contribution in [2.45, 2.75) is 50.1 Å². The van der Waals surface area contributed by atoms with Crippen molar-refractivity contribution in [1.82, 2.24) is 10.2 Å². The first-order valence-corrected chi connectivity index (χ1v) is 6.74. The molecule has 4 nitrogen and oxygen atoms in total. The van der Waals surface area contributed by atoms with Crippen LogP contribution in [0.4, 0.5) is 0 Å². The Labute approximate surface area is 108 Å². The van der Waals surface area contributed by atoms with Crippen molar-refractivity contribution in [2.75, 3.05) is 13.1 Å². The molecule has 2 N–H and O–H groups in total. The van der Waals surface area contributed by atoms with Crippen LogP contribution in [0.25, 0.3) is 0 Å². The van der Waals surface area contributed by atoms with Gasteiger partial charge < -0.3 is 15.6 Å². The van der Waals surface area contributed by atoms with Gasteiger partial charge in [-0.2, -0.15) is 0 Å². The molecular weight excluding hydrogens is 226 g/mol. The number of hydrogen-bond acceptors (Lipinski definition) is 3. The van der Waals surface area contributed by atoms with E-state index in [-0.39, 0.29) is 23.4 Å². The maximum atomic E-state index is 12.3. The van der Waals surface area contributed by atoms with Crippen molar-refractivity contribution >= 4 is 11.6 Å². The van der Waals surface area contributed by atoms with Crippen LogP contribution < -0.4 is 5.32 Å². The first-order chi connectivity index (χ1) is 8.44. The Hall–Kier alpha value is -1.16. The number of amides is 1. The maximum Gasteiger partial charge on any atom is 0.228 e. The van der Waals surface area contributed by atoms with Crippen LogP contribution in [0.1, 0.15) is 39.0 Å². The van der Waals surface area contributed by atoms with E-state index < -0.39 is 0 Å². The summed E-state index contributed by atoms with van der Waals surface area (Å²) in [5, 5.41) is 11.5. The van der Waals surface area contributed by atoms with Crippen molar-refractivity contribution in [3.8, 4) is 0 Å². The predicted molar refractivity (Wildman–Crippen MR) is 70.8 cm³/mol. The number of nitrogens with zero attached hydrogens (tertiary/aromatic N) is 1. The lowest BCUT2D eigenvalue weighted by molar-refractivity contribution is -0.132. The summed E-state index contributed by atoms with van der Waals surface area (Å²) in [6.07, 6.45) is 4.97. The van der Waals surface area contributed by atoms with Crippen LogP contribution in [0.5, 0.6) is 0 Å². The van der Waals surface area contributed by atoms with Gasteiger partial charge in [0, 0.05) is 29.9 Å². The van der Waals surface area contributed by atoms with Crippen molar-refractivity contribution in [2.24, 2.45) is 0 Å². The minimum Gasteiger partial charge on any atom is -0.339 e. The van der Waals surface area contributed by atoms with Gasteiger partial charge in [0.15, 0.2) is 0 Å². The standard InChI is InChI=1S/C14H21N3O/c1-10(2)11(15)7-12(18)17-8-13(3-4-13)16-14(9-17)5-6-14/h15-16H,1,3-9H2,2H3. The number of rotatable bonds is 3. The molecule has 1 saturated heterocycles. The van der Waals surface area contributed by atoms with Gasteiger partial charge in [0.1, 0.15) is 0 Å². The molecule has 0 aromatic rings. The topological polar surface area (TPSA) is 56.2 Å². The van der Waals surface area contributed by atoms with E-state index in [0.717, 1.165) is 13.1 Å². The molecule has 2 aliphatic carbocycles. The molecular formula is C14H21N3O. The fourth-order valence-corrected chi connectivity index (χ4v) is 2.89. The number of piperazine rings is 1. The van der Waals surface area contributed by atoms with Crippen LogP contribution in [0.15, 0.2) is 12.2 Å². The average molecular weight is 247 g/mol. The molecule has 3 rings (SSSR count). The van der Waals surface area contributed by atoms with E-state index in [0.29, 0.717) is 11.3 Å². The lowest BCUT2D eigenvalue weighted by Gasteiger charge is -2.40. The summed E-state index contributed by atoms with van der Waals surface area (Å²) < 4.78 is 0. The van der Waals surface area contributed by atoms with Gasteiger partial charge in [0.25, 0.3) is 0 Å². The maximum absolute atomic E-state index is 12.3. The first kappa shape index (κ1) is 11.9. The summed E-state index contributed by atoms with van der Waals surface area (Å²) in [6, 6.07) is 0. The second-order valence-electron chi connectivity index (χ2n) is 6.37. The molecule has 4 heteroatoms. The zero-order valence-corrected chi connectivity index (χ0v) is 11.0. The third-order valence-corrected chi connectivity index (χ3v) is 4.42. The van der Waals surface area contributed by atoms with Gasteiger partial charge in [-0.05, 0) is 38.2 Å². The van der Waals surface area contributed by atoms with E-state index in [2.05, 4.69) is 11.9 Å². The highest BCUT2D eigenvalue weighted by atomic mass is 16.2. The van der Waals surface area contributed by atoms with Gasteiger partial charge >= 0.3 is 0 Å². The molecule has 3 fully saturated rings. The lowest BCUT2D eigenvalue weighted by Crippen LogP contribution is -2.61. The number of carbonyl (C=O) groups is 1. The Kier molecular flexibility index (Phi) is 2.43. The normalized spacial score (nSPS) is 26.2. The number of carbonyl (C=O) groups excluding carboxylic acids is 1. The van der Waals surface area contributed by atoms with E-state index in [1.807, 2.05) is 4.90 Å². The molecule has 0 atom stereocenters. The Bertz CT molecular complexity index is 412. The minimum atomic E-state index is 0.0991. The Morgan fingerprint density at radius 3 is 2.17 bits per heavy atom. The number of allylic oxidation sites excluding steroid dienone is 1. The molecule has 0 unspecified atom stereocenters. The second-order valence-corrected chi connectivity index (χ2v) is 6.37. The van der Waals surface area contributed by atoms with E-state index in [9.17, 15) is 4.79 Å². The molecule has 0 aromatic heterocycles. The minimum absolute atomic E-state index is 0.0991. The van der Waals surface area contributed by atoms with E-state index in [4.69, 9.17) is 5.41 Å². The van der Waals surface area contributed by atoms with Gasteiger partial charge in [0.05, 0.1) is 6.42 Å². The Morgan fingerprint density at radius 2 is 1.78 bits per heavy atom. The fraction of sp³-hybridized carbons (Fsp3) is 0.714. The summed E-state index contributed by atoms with van der Waals surface area (Å²) >= 11 is 0. The largest absolute Gasteiger partial charge is 0.339 e. The van der Waals surface area contributed by atoms with Gasteiger partial charge in [-0.1, -0.05) is 6.58 Å². The van der Waals surface area contributed by atoms with Crippen LogP contribution in [0.3, 0.4) is 0 Å². The molecule has 98 valence electrons. The van der Waals surface area contributed by atoms with E-state index in [1.165, 1.54) is 25.7 Å². The third-order valence-electron chi connectivity index (χ3n) is 4.42. The van der Waals surface area contributed by atoms with Crippen molar-refractivity contribution in [1.29, 1.82) is 5.41 Å². The molecule has 2 saturated carbocycles. The van der Waals surface area contributed by atoms with E-state index >= 15 is 0 Å². The van der Waals surface area contributed by atoms with Gasteiger partial charge in [-0.3, -0.25) is 4.79 Å². The summed E-state index contributed by atoms with van der Waals surface area (Å²) in [4.78, 5) is 14.2. The van der Waals surface area contributed by atoms with Crippen LogP contribution in [-0.4, -0.2) is 40.7 Å². The first-order valence-electron chi connectivity index (χ1n) is 6.74. The fourth-order valence-electron chi connectivity index (χ4n) is 2.89. The van der Waals surface area contributed by atoms with E-state index in [1.54, 1.807) is 6.92 Å². The summed E-state index contributed by atoms with van der Waals surface area (Å²) in [7, 11) is 0. The van der Waals surface area contributed by atoms with Crippen LogP contribution in [0, 0.1) is 5.41 Å². The van der Waals surface area contributed by atoms with Crippen LogP contribution in [0.2, 0.25) is 0 Å². The van der Waals surface area contributed by atoms with Crippen LogP contribution in [-0.2, 0) is 4.79 Å². The SMILES string of the molecule is C=C(C)C(=N)CC(=O)N1CC2(CC2)NC2(CC2)C1. The van der Waals surface area contributed by atoms with Gasteiger partial charge in [-0.25, -0.2) is 0 Å². The smallest absolute Gasteiger partial charge is 0.228 e. The lowest BCUT2D eigenvalue weighted by atomic mass is 10.0. The molecule has 18 heavy (non-hydrogen) atoms. The van der Waals surface area contributed by atoms with Gasteiger partial charge in [0.2, 0.25) is 5.91 Å². The van der Waals surface area contributed by atoms with Crippen molar-refractivity contribution in [3.05, 3.63) is 12.2 Å². The molecule has 0 aromatic carbocycles. The predicted octanol–water partition coefficient (Wildman–Crippen LogP) is 1.47. The van der Waals surface area contributed by atoms with Crippen molar-refractivity contribution < 1.29 is 4.79 Å². The monoisotopic (exact) mass is 247 g/mol. The number of nitrogens with one attached hydrogen (secondary N) is 2. The molecule has 0 radical (unpaired) electrons. The van der Waals surface area contributed by atoms with Gasteiger partial charge in [-0.15, -0.1) is 0 Å². The second kappa shape index (κ2) is 3.67. The van der Waals surface area contributed by atoms with Crippen molar-refractivity contribution in [3.63, 3.8) is 0 Å². The zero-order valence-electron chi connectivity index (χ0n) is 11.0.